The molecule has 0 aliphatic carbocycles. The highest BCUT2D eigenvalue weighted by atomic mass is 16.6. The summed E-state index contributed by atoms with van der Waals surface area (Å²) in [5.74, 6) is -0.0375. The number of carbonyl (C=O) groups is 1. The number of hydrogen-bond donors (Lipinski definition) is 2. The predicted molar refractivity (Wildman–Crippen MR) is 43.4 cm³/mol. The van der Waals surface area contributed by atoms with Crippen LogP contribution in [0.15, 0.2) is 0 Å². The van der Waals surface area contributed by atoms with Crippen molar-refractivity contribution in [1.29, 1.82) is 0 Å². The molecular weight excluding hydrogens is 158 g/mol. The lowest BCUT2D eigenvalue weighted by Gasteiger charge is -2.28. The minimum atomic E-state index is -0.825. The van der Waals surface area contributed by atoms with Crippen molar-refractivity contribution < 1.29 is 14.6 Å². The molecule has 4 heteroatoms. The van der Waals surface area contributed by atoms with Crippen LogP contribution >= 0.6 is 0 Å². The summed E-state index contributed by atoms with van der Waals surface area (Å²) in [6.07, 6.45) is 1.32. The number of aliphatic hydroxyl groups excluding tert-OH is 1. The van der Waals surface area contributed by atoms with E-state index in [-0.39, 0.29) is 11.9 Å². The van der Waals surface area contributed by atoms with Crippen LogP contribution in [0.2, 0.25) is 0 Å². The number of amides is 1. The first-order chi connectivity index (χ1) is 5.74. The predicted octanol–water partition coefficient (Wildman–Crippen LogP) is 0.01000. The van der Waals surface area contributed by atoms with Crippen molar-refractivity contribution in [1.82, 2.24) is 5.32 Å². The minimum absolute atomic E-state index is 0.0375. The second-order valence-corrected chi connectivity index (χ2v) is 2.93. The Morgan fingerprint density at radius 1 is 1.75 bits per heavy atom. The summed E-state index contributed by atoms with van der Waals surface area (Å²) < 4.78 is 4.98. The van der Waals surface area contributed by atoms with Crippen LogP contribution in [0.5, 0.6) is 0 Å². The second-order valence-electron chi connectivity index (χ2n) is 2.93. The van der Waals surface area contributed by atoms with Gasteiger partial charge in [-0.25, -0.2) is 0 Å². The molecule has 1 aliphatic rings. The number of rotatable bonds is 2. The largest absolute Gasteiger partial charge is 0.366 e. The topological polar surface area (TPSA) is 58.6 Å². The molecule has 0 spiro atoms. The van der Waals surface area contributed by atoms with Crippen LogP contribution in [-0.4, -0.2) is 30.0 Å². The monoisotopic (exact) mass is 173 g/mol. The average Bonchev–Trinajstić information content (AvgIpc) is 2.09. The fourth-order valence-corrected chi connectivity index (χ4v) is 1.22. The molecule has 1 heterocycles. The summed E-state index contributed by atoms with van der Waals surface area (Å²) in [5.41, 5.74) is 0. The highest BCUT2D eigenvalue weighted by molar-refractivity contribution is 5.75. The molecule has 12 heavy (non-hydrogen) atoms. The van der Waals surface area contributed by atoms with E-state index in [1.165, 1.54) is 0 Å². The number of hydrogen-bond acceptors (Lipinski definition) is 3. The second kappa shape index (κ2) is 4.42. The van der Waals surface area contributed by atoms with Crippen molar-refractivity contribution in [3.63, 3.8) is 0 Å². The van der Waals surface area contributed by atoms with Gasteiger partial charge in [0.25, 0.3) is 0 Å². The van der Waals surface area contributed by atoms with Gasteiger partial charge in [-0.05, 0) is 12.8 Å². The molecule has 0 radical (unpaired) electrons. The lowest BCUT2D eigenvalue weighted by molar-refractivity contribution is -0.150. The Morgan fingerprint density at radius 2 is 2.50 bits per heavy atom. The van der Waals surface area contributed by atoms with Gasteiger partial charge in [-0.3, -0.25) is 4.79 Å². The molecule has 2 N–H and O–H groups in total. The average molecular weight is 173 g/mol. The molecule has 0 aromatic carbocycles. The van der Waals surface area contributed by atoms with Crippen LogP contribution in [0.3, 0.4) is 0 Å². The van der Waals surface area contributed by atoms with Crippen molar-refractivity contribution in [3.8, 4) is 0 Å². The van der Waals surface area contributed by atoms with Crippen molar-refractivity contribution in [3.05, 3.63) is 0 Å². The van der Waals surface area contributed by atoms with E-state index in [1.54, 1.807) is 6.92 Å². The van der Waals surface area contributed by atoms with Gasteiger partial charge in [-0.15, -0.1) is 0 Å². The van der Waals surface area contributed by atoms with Gasteiger partial charge in [0.2, 0.25) is 5.91 Å². The van der Waals surface area contributed by atoms with Gasteiger partial charge in [0.05, 0.1) is 6.04 Å². The van der Waals surface area contributed by atoms with Crippen LogP contribution in [0.25, 0.3) is 0 Å². The quantitative estimate of drug-likeness (QED) is 0.618. The van der Waals surface area contributed by atoms with E-state index in [2.05, 4.69) is 5.32 Å². The standard InChI is InChI=1S/C8H15NO3/c1-2-7(10)9-6-4-3-5-12-8(6)11/h6,8,11H,2-5H2,1H3,(H,9,10). The fourth-order valence-electron chi connectivity index (χ4n) is 1.22. The summed E-state index contributed by atoms with van der Waals surface area (Å²) in [6.45, 7) is 2.37. The van der Waals surface area contributed by atoms with E-state index >= 15 is 0 Å². The molecule has 1 aliphatic heterocycles. The summed E-state index contributed by atoms with van der Waals surface area (Å²) >= 11 is 0. The summed E-state index contributed by atoms with van der Waals surface area (Å²) in [4.78, 5) is 10.9. The van der Waals surface area contributed by atoms with Crippen LogP contribution in [0.1, 0.15) is 26.2 Å². The van der Waals surface area contributed by atoms with Crippen LogP contribution in [0, 0.1) is 0 Å². The van der Waals surface area contributed by atoms with Gasteiger partial charge in [0, 0.05) is 13.0 Å². The zero-order valence-corrected chi connectivity index (χ0v) is 7.25. The van der Waals surface area contributed by atoms with Crippen LogP contribution in [-0.2, 0) is 9.53 Å². The fraction of sp³-hybridized carbons (Fsp3) is 0.875. The van der Waals surface area contributed by atoms with Gasteiger partial charge in [0.15, 0.2) is 6.29 Å². The normalized spacial score (nSPS) is 29.8. The van der Waals surface area contributed by atoms with Gasteiger partial charge >= 0.3 is 0 Å². The SMILES string of the molecule is CCC(=O)NC1CCCOC1O. The lowest BCUT2D eigenvalue weighted by atomic mass is 10.1. The maximum absolute atomic E-state index is 10.9. The van der Waals surface area contributed by atoms with E-state index in [9.17, 15) is 9.90 Å². The maximum Gasteiger partial charge on any atom is 0.220 e. The summed E-state index contributed by atoms with van der Waals surface area (Å²) in [5, 5.41) is 12.0. The Hall–Kier alpha value is -0.610. The van der Waals surface area contributed by atoms with Crippen molar-refractivity contribution in [2.45, 2.75) is 38.5 Å². The van der Waals surface area contributed by atoms with Crippen molar-refractivity contribution in [2.75, 3.05) is 6.61 Å². The van der Waals surface area contributed by atoms with E-state index in [0.717, 1.165) is 12.8 Å². The molecule has 1 saturated heterocycles. The maximum atomic E-state index is 10.9. The Labute approximate surface area is 71.9 Å². The van der Waals surface area contributed by atoms with Gasteiger partial charge in [0.1, 0.15) is 0 Å². The van der Waals surface area contributed by atoms with E-state index in [1.807, 2.05) is 0 Å². The zero-order chi connectivity index (χ0) is 8.97. The Morgan fingerprint density at radius 3 is 3.08 bits per heavy atom. The first-order valence-corrected chi connectivity index (χ1v) is 4.33. The molecule has 2 unspecified atom stereocenters. The Kier molecular flexibility index (Phi) is 3.49. The molecule has 1 amide bonds. The van der Waals surface area contributed by atoms with Gasteiger partial charge in [-0.2, -0.15) is 0 Å². The molecule has 2 atom stereocenters. The third kappa shape index (κ3) is 2.46. The van der Waals surface area contributed by atoms with Crippen molar-refractivity contribution in [2.24, 2.45) is 0 Å². The van der Waals surface area contributed by atoms with Crippen molar-refractivity contribution >= 4 is 5.91 Å². The number of carbonyl (C=O) groups excluding carboxylic acids is 1. The highest BCUT2D eigenvalue weighted by Gasteiger charge is 2.24. The van der Waals surface area contributed by atoms with Crippen LogP contribution in [0.4, 0.5) is 0 Å². The summed E-state index contributed by atoms with van der Waals surface area (Å²) in [6, 6.07) is -0.216. The van der Waals surface area contributed by atoms with E-state index in [4.69, 9.17) is 4.74 Å². The highest BCUT2D eigenvalue weighted by Crippen LogP contribution is 2.11. The molecule has 1 fully saturated rings. The van der Waals surface area contributed by atoms with Gasteiger partial charge < -0.3 is 15.2 Å². The molecule has 0 bridgehead atoms. The molecule has 1 rings (SSSR count). The molecule has 0 aromatic rings. The summed E-state index contributed by atoms with van der Waals surface area (Å²) in [7, 11) is 0. The van der Waals surface area contributed by atoms with E-state index < -0.39 is 6.29 Å². The van der Waals surface area contributed by atoms with Crippen LogP contribution < -0.4 is 5.32 Å². The Bertz CT molecular complexity index is 160. The minimum Gasteiger partial charge on any atom is -0.366 e. The molecular formula is C8H15NO3. The first-order valence-electron chi connectivity index (χ1n) is 4.33. The molecule has 4 nitrogen and oxygen atoms in total. The molecule has 70 valence electrons. The number of nitrogens with one attached hydrogen (secondary N) is 1. The Balaban J connectivity index is 2.33. The lowest BCUT2D eigenvalue weighted by Crippen LogP contribution is -2.46. The van der Waals surface area contributed by atoms with Gasteiger partial charge in [-0.1, -0.05) is 6.92 Å². The first kappa shape index (κ1) is 9.48. The zero-order valence-electron chi connectivity index (χ0n) is 7.25. The number of ether oxygens (including phenoxy) is 1. The van der Waals surface area contributed by atoms with E-state index in [0.29, 0.717) is 13.0 Å². The number of aliphatic hydroxyl groups is 1. The third-order valence-corrected chi connectivity index (χ3v) is 1.96. The smallest absolute Gasteiger partial charge is 0.220 e. The molecule has 0 saturated carbocycles. The molecule has 0 aromatic heterocycles. The third-order valence-electron chi connectivity index (χ3n) is 1.96.